The molecule has 2 heterocycles. The van der Waals surface area contributed by atoms with E-state index in [1.54, 1.807) is 0 Å². The SMILES string of the molecule is IN1CCc2cc[nH]c2C1. The molecule has 1 aliphatic heterocycles. The molecule has 0 radical (unpaired) electrons. The molecular formula is C7H9IN2. The highest BCUT2D eigenvalue weighted by Gasteiger charge is 2.13. The van der Waals surface area contributed by atoms with Gasteiger partial charge in [-0.25, -0.2) is 3.11 Å². The van der Waals surface area contributed by atoms with Crippen LogP contribution in [-0.2, 0) is 13.0 Å². The van der Waals surface area contributed by atoms with E-state index in [2.05, 4.69) is 37.0 Å². The minimum absolute atomic E-state index is 1.07. The fourth-order valence-electron chi connectivity index (χ4n) is 1.31. The molecule has 3 heteroatoms. The Balaban J connectivity index is 2.30. The van der Waals surface area contributed by atoms with E-state index in [4.69, 9.17) is 0 Å². The number of hydrogen-bond donors (Lipinski definition) is 1. The van der Waals surface area contributed by atoms with Crippen molar-refractivity contribution in [2.45, 2.75) is 13.0 Å². The van der Waals surface area contributed by atoms with Gasteiger partial charge in [-0.05, 0) is 18.1 Å². The Bertz CT molecular complexity index is 231. The molecule has 0 aliphatic carbocycles. The predicted molar refractivity (Wildman–Crippen MR) is 48.9 cm³/mol. The average molecular weight is 248 g/mol. The van der Waals surface area contributed by atoms with Crippen molar-refractivity contribution in [1.29, 1.82) is 0 Å². The van der Waals surface area contributed by atoms with Crippen LogP contribution in [0, 0.1) is 0 Å². The Morgan fingerprint density at radius 2 is 2.50 bits per heavy atom. The van der Waals surface area contributed by atoms with Crippen LogP contribution in [0.3, 0.4) is 0 Å². The third-order valence-electron chi connectivity index (χ3n) is 1.88. The van der Waals surface area contributed by atoms with Crippen LogP contribution in [0.5, 0.6) is 0 Å². The van der Waals surface area contributed by atoms with Crippen LogP contribution < -0.4 is 0 Å². The Morgan fingerprint density at radius 1 is 1.60 bits per heavy atom. The Hall–Kier alpha value is -0.0300. The number of nitrogens with one attached hydrogen (secondary N) is 1. The molecule has 0 saturated carbocycles. The zero-order chi connectivity index (χ0) is 6.97. The van der Waals surface area contributed by atoms with Gasteiger partial charge in [-0.2, -0.15) is 0 Å². The number of H-pyrrole nitrogens is 1. The van der Waals surface area contributed by atoms with Gasteiger partial charge in [-0.1, -0.05) is 0 Å². The first-order valence-electron chi connectivity index (χ1n) is 3.42. The summed E-state index contributed by atoms with van der Waals surface area (Å²) in [6, 6.07) is 2.18. The van der Waals surface area contributed by atoms with Crippen molar-refractivity contribution in [2.75, 3.05) is 6.54 Å². The van der Waals surface area contributed by atoms with E-state index in [-0.39, 0.29) is 0 Å². The summed E-state index contributed by atoms with van der Waals surface area (Å²) in [6.45, 7) is 2.26. The lowest BCUT2D eigenvalue weighted by Gasteiger charge is -2.19. The monoisotopic (exact) mass is 248 g/mol. The molecule has 0 spiro atoms. The van der Waals surface area contributed by atoms with E-state index in [1.165, 1.54) is 24.2 Å². The van der Waals surface area contributed by atoms with E-state index in [0.29, 0.717) is 0 Å². The largest absolute Gasteiger partial charge is 0.364 e. The second kappa shape index (κ2) is 2.54. The summed E-state index contributed by atoms with van der Waals surface area (Å²) in [7, 11) is 0. The fraction of sp³-hybridized carbons (Fsp3) is 0.429. The quantitative estimate of drug-likeness (QED) is 0.547. The van der Waals surface area contributed by atoms with Gasteiger partial charge in [0.05, 0.1) is 0 Å². The summed E-state index contributed by atoms with van der Waals surface area (Å²) in [5.41, 5.74) is 2.88. The molecule has 1 aromatic heterocycles. The highest BCUT2D eigenvalue weighted by atomic mass is 127. The molecule has 1 N–H and O–H groups in total. The molecule has 0 amide bonds. The molecule has 0 unspecified atom stereocenters. The first kappa shape index (κ1) is 6.67. The molecule has 1 aromatic rings. The van der Waals surface area contributed by atoms with Gasteiger partial charge in [-0.15, -0.1) is 0 Å². The number of nitrogens with zero attached hydrogens (tertiary/aromatic N) is 1. The van der Waals surface area contributed by atoms with Crippen LogP contribution in [-0.4, -0.2) is 14.6 Å². The van der Waals surface area contributed by atoms with Crippen molar-refractivity contribution in [3.8, 4) is 0 Å². The summed E-state index contributed by atoms with van der Waals surface area (Å²) in [6.07, 6.45) is 3.22. The summed E-state index contributed by atoms with van der Waals surface area (Å²) in [5, 5.41) is 0. The van der Waals surface area contributed by atoms with Gasteiger partial charge < -0.3 is 4.98 Å². The molecule has 2 rings (SSSR count). The zero-order valence-corrected chi connectivity index (χ0v) is 7.76. The molecule has 0 bridgehead atoms. The fourth-order valence-corrected chi connectivity index (χ4v) is 1.89. The molecule has 2 nitrogen and oxygen atoms in total. The van der Waals surface area contributed by atoms with Crippen LogP contribution in [0.15, 0.2) is 12.3 Å². The summed E-state index contributed by atoms with van der Waals surface area (Å²) >= 11 is 2.36. The molecule has 0 aromatic carbocycles. The summed E-state index contributed by atoms with van der Waals surface area (Å²) in [5.74, 6) is 0. The Morgan fingerprint density at radius 3 is 3.40 bits per heavy atom. The van der Waals surface area contributed by atoms with Crippen molar-refractivity contribution in [3.05, 3.63) is 23.5 Å². The van der Waals surface area contributed by atoms with Crippen molar-refractivity contribution >= 4 is 22.9 Å². The second-order valence-electron chi connectivity index (χ2n) is 2.58. The van der Waals surface area contributed by atoms with Crippen molar-refractivity contribution < 1.29 is 0 Å². The van der Waals surface area contributed by atoms with E-state index >= 15 is 0 Å². The summed E-state index contributed by atoms with van der Waals surface area (Å²) < 4.78 is 2.30. The van der Waals surface area contributed by atoms with E-state index in [0.717, 1.165) is 6.54 Å². The molecular weight excluding hydrogens is 239 g/mol. The minimum Gasteiger partial charge on any atom is -0.364 e. The Kier molecular flexibility index (Phi) is 1.69. The van der Waals surface area contributed by atoms with Crippen LogP contribution in [0.2, 0.25) is 0 Å². The third-order valence-corrected chi connectivity index (χ3v) is 2.71. The maximum Gasteiger partial charge on any atom is 0.0486 e. The lowest BCUT2D eigenvalue weighted by atomic mass is 10.1. The maximum atomic E-state index is 3.24. The highest BCUT2D eigenvalue weighted by molar-refractivity contribution is 14.1. The minimum atomic E-state index is 1.07. The van der Waals surface area contributed by atoms with Crippen LogP contribution in [0.4, 0.5) is 0 Å². The number of aromatic nitrogens is 1. The maximum absolute atomic E-state index is 3.24. The van der Waals surface area contributed by atoms with Gasteiger partial charge in [0, 0.05) is 47.8 Å². The number of hydrogen-bond acceptors (Lipinski definition) is 1. The lowest BCUT2D eigenvalue weighted by molar-refractivity contribution is 0.475. The molecule has 1 aliphatic rings. The molecule has 54 valence electrons. The first-order valence-corrected chi connectivity index (χ1v) is 4.38. The third kappa shape index (κ3) is 1.08. The van der Waals surface area contributed by atoms with E-state index in [9.17, 15) is 0 Å². The van der Waals surface area contributed by atoms with Crippen LogP contribution in [0.1, 0.15) is 11.3 Å². The van der Waals surface area contributed by atoms with Gasteiger partial charge in [0.25, 0.3) is 0 Å². The van der Waals surface area contributed by atoms with Gasteiger partial charge >= 0.3 is 0 Å². The normalized spacial score (nSPS) is 18.9. The molecule has 0 saturated heterocycles. The standard InChI is InChI=1S/C7H9IN2/c8-10-4-2-6-1-3-9-7(6)5-10/h1,3,9H,2,4-5H2. The highest BCUT2D eigenvalue weighted by Crippen LogP contribution is 2.19. The predicted octanol–water partition coefficient (Wildman–Crippen LogP) is 1.72. The van der Waals surface area contributed by atoms with E-state index in [1.807, 2.05) is 6.20 Å². The summed E-state index contributed by atoms with van der Waals surface area (Å²) in [4.78, 5) is 3.24. The zero-order valence-electron chi connectivity index (χ0n) is 5.60. The van der Waals surface area contributed by atoms with Gasteiger partial charge in [-0.3, -0.25) is 0 Å². The van der Waals surface area contributed by atoms with Crippen molar-refractivity contribution in [1.82, 2.24) is 8.10 Å². The van der Waals surface area contributed by atoms with Gasteiger partial charge in [0.1, 0.15) is 0 Å². The Labute approximate surface area is 74.1 Å². The average Bonchev–Trinajstić information content (AvgIpc) is 2.33. The number of rotatable bonds is 0. The topological polar surface area (TPSA) is 19.0 Å². The smallest absolute Gasteiger partial charge is 0.0486 e. The number of fused-ring (bicyclic) bond motifs is 1. The first-order chi connectivity index (χ1) is 4.86. The molecule has 10 heavy (non-hydrogen) atoms. The number of halogens is 1. The van der Waals surface area contributed by atoms with Gasteiger partial charge in [0.15, 0.2) is 0 Å². The van der Waals surface area contributed by atoms with Crippen molar-refractivity contribution in [3.63, 3.8) is 0 Å². The van der Waals surface area contributed by atoms with Crippen molar-refractivity contribution in [2.24, 2.45) is 0 Å². The van der Waals surface area contributed by atoms with E-state index < -0.39 is 0 Å². The second-order valence-corrected chi connectivity index (χ2v) is 3.94. The van der Waals surface area contributed by atoms with Crippen LogP contribution >= 0.6 is 22.9 Å². The molecule has 0 fully saturated rings. The van der Waals surface area contributed by atoms with Crippen LogP contribution in [0.25, 0.3) is 0 Å². The molecule has 0 atom stereocenters. The van der Waals surface area contributed by atoms with Gasteiger partial charge in [0.2, 0.25) is 0 Å². The lowest BCUT2D eigenvalue weighted by Crippen LogP contribution is -2.20. The number of aromatic amines is 1.